The SMILES string of the molecule is CC1(C(F)(F)C(F)C(F)(F)F)COCC(C(F)(C(F)N2CCCCC2)C(F)(F)F)OC1. The van der Waals surface area contributed by atoms with Gasteiger partial charge in [-0.2, -0.15) is 26.3 Å². The average molecular weight is 481 g/mol. The summed E-state index contributed by atoms with van der Waals surface area (Å²) in [6.07, 6.45) is -21.4. The number of halogens is 11. The van der Waals surface area contributed by atoms with Crippen LogP contribution in [0.2, 0.25) is 0 Å². The van der Waals surface area contributed by atoms with E-state index in [1.54, 1.807) is 0 Å². The Hall–Kier alpha value is -0.890. The van der Waals surface area contributed by atoms with Crippen LogP contribution in [0.25, 0.3) is 0 Å². The lowest BCUT2D eigenvalue weighted by Crippen LogP contribution is -2.64. The Bertz CT molecular complexity index is 608. The van der Waals surface area contributed by atoms with Gasteiger partial charge in [0.2, 0.25) is 0 Å². The van der Waals surface area contributed by atoms with Crippen LogP contribution in [0.15, 0.2) is 0 Å². The van der Waals surface area contributed by atoms with Crippen LogP contribution < -0.4 is 0 Å². The summed E-state index contributed by atoms with van der Waals surface area (Å²) in [5.74, 6) is -5.18. The smallest absolute Gasteiger partial charge is 0.378 e. The molecule has 3 nitrogen and oxygen atoms in total. The molecule has 2 heterocycles. The van der Waals surface area contributed by atoms with E-state index in [0.29, 0.717) is 31.1 Å². The lowest BCUT2D eigenvalue weighted by molar-refractivity contribution is -0.310. The highest BCUT2D eigenvalue weighted by atomic mass is 19.4. The maximum absolute atomic E-state index is 15.3. The topological polar surface area (TPSA) is 21.7 Å². The zero-order valence-corrected chi connectivity index (χ0v) is 16.3. The summed E-state index contributed by atoms with van der Waals surface area (Å²) in [6, 6.07) is 0. The highest BCUT2D eigenvalue weighted by molar-refractivity contribution is 5.04. The molecule has 2 aliphatic rings. The molecule has 2 fully saturated rings. The van der Waals surface area contributed by atoms with E-state index in [1.807, 2.05) is 0 Å². The van der Waals surface area contributed by atoms with Crippen molar-refractivity contribution in [1.82, 2.24) is 4.90 Å². The summed E-state index contributed by atoms with van der Waals surface area (Å²) in [4.78, 5) is 0.598. The maximum atomic E-state index is 15.3. The number of ether oxygens (including phenoxy) is 2. The second-order valence-corrected chi connectivity index (χ2v) is 8.10. The number of nitrogens with zero attached hydrogens (tertiary/aromatic N) is 1. The molecule has 0 aliphatic carbocycles. The fourth-order valence-electron chi connectivity index (χ4n) is 3.59. The van der Waals surface area contributed by atoms with Crippen molar-refractivity contribution in [2.75, 3.05) is 32.9 Å². The van der Waals surface area contributed by atoms with E-state index in [2.05, 4.69) is 9.47 Å². The van der Waals surface area contributed by atoms with Crippen molar-refractivity contribution in [3.8, 4) is 0 Å². The van der Waals surface area contributed by atoms with Gasteiger partial charge in [-0.25, -0.2) is 22.0 Å². The molecule has 14 heteroatoms. The zero-order valence-electron chi connectivity index (χ0n) is 16.3. The number of likely N-dealkylation sites (tertiary alicyclic amines) is 1. The molecule has 0 aromatic carbocycles. The van der Waals surface area contributed by atoms with Crippen LogP contribution in [-0.4, -0.2) is 80.3 Å². The van der Waals surface area contributed by atoms with E-state index >= 15 is 4.39 Å². The van der Waals surface area contributed by atoms with Crippen LogP contribution in [0.3, 0.4) is 0 Å². The highest BCUT2D eigenvalue weighted by Crippen LogP contribution is 2.50. The minimum Gasteiger partial charge on any atom is -0.378 e. The summed E-state index contributed by atoms with van der Waals surface area (Å²) in [5.41, 5.74) is -7.82. The van der Waals surface area contributed by atoms with Gasteiger partial charge in [0.05, 0.1) is 25.2 Å². The molecular formula is C17H22F11NO2. The van der Waals surface area contributed by atoms with Crippen molar-refractivity contribution in [1.29, 1.82) is 0 Å². The number of alkyl halides is 11. The molecule has 184 valence electrons. The second kappa shape index (κ2) is 8.81. The zero-order chi connectivity index (χ0) is 23.9. The second-order valence-electron chi connectivity index (χ2n) is 8.10. The van der Waals surface area contributed by atoms with E-state index in [1.165, 1.54) is 0 Å². The van der Waals surface area contributed by atoms with E-state index in [4.69, 9.17) is 0 Å². The first-order valence-electron chi connectivity index (χ1n) is 9.40. The van der Waals surface area contributed by atoms with Crippen LogP contribution in [0.1, 0.15) is 26.2 Å². The predicted octanol–water partition coefficient (Wildman–Crippen LogP) is 5.00. The summed E-state index contributed by atoms with van der Waals surface area (Å²) in [7, 11) is 0. The first-order valence-corrected chi connectivity index (χ1v) is 9.40. The molecule has 2 saturated heterocycles. The molecule has 2 aliphatic heterocycles. The third-order valence-corrected chi connectivity index (χ3v) is 5.66. The Morgan fingerprint density at radius 2 is 1.42 bits per heavy atom. The molecule has 0 aromatic heterocycles. The van der Waals surface area contributed by atoms with Gasteiger partial charge < -0.3 is 9.47 Å². The maximum Gasteiger partial charge on any atom is 0.429 e. The van der Waals surface area contributed by atoms with Crippen molar-refractivity contribution in [3.63, 3.8) is 0 Å². The number of rotatable bonds is 5. The number of hydrogen-bond donors (Lipinski definition) is 0. The van der Waals surface area contributed by atoms with Gasteiger partial charge in [0, 0.05) is 13.1 Å². The fourth-order valence-corrected chi connectivity index (χ4v) is 3.59. The Kier molecular flexibility index (Phi) is 7.49. The summed E-state index contributed by atoms with van der Waals surface area (Å²) >= 11 is 0. The third kappa shape index (κ3) is 4.90. The fraction of sp³-hybridized carbons (Fsp3) is 1.00. The predicted molar refractivity (Wildman–Crippen MR) is 84.8 cm³/mol. The Morgan fingerprint density at radius 1 is 0.871 bits per heavy atom. The van der Waals surface area contributed by atoms with Gasteiger partial charge >= 0.3 is 12.4 Å². The van der Waals surface area contributed by atoms with Gasteiger partial charge in [-0.3, -0.25) is 4.90 Å². The molecule has 0 N–H and O–H groups in total. The Morgan fingerprint density at radius 3 is 1.90 bits per heavy atom. The molecule has 0 amide bonds. The summed E-state index contributed by atoms with van der Waals surface area (Å²) < 4.78 is 159. The standard InChI is InChI=1S/C17H22F11NO2/c1-13(15(21,22)11(18)16(23,24)25)8-30-7-10(31-9-13)14(20,17(26,27)28)12(19)29-5-3-2-4-6-29/h10-12H,2-9H2,1H3. The average Bonchev–Trinajstić information content (AvgIpc) is 2.88. The lowest BCUT2D eigenvalue weighted by Gasteiger charge is -2.42. The van der Waals surface area contributed by atoms with E-state index in [9.17, 15) is 43.9 Å². The number of piperidine rings is 1. The van der Waals surface area contributed by atoms with E-state index < -0.39 is 67.8 Å². The molecule has 0 saturated carbocycles. The van der Waals surface area contributed by atoms with E-state index in [-0.39, 0.29) is 13.1 Å². The highest BCUT2D eigenvalue weighted by Gasteiger charge is 2.70. The van der Waals surface area contributed by atoms with Crippen LogP contribution in [0, 0.1) is 5.41 Å². The molecule has 5 atom stereocenters. The molecule has 0 bridgehead atoms. The van der Waals surface area contributed by atoms with Gasteiger partial charge in [-0.15, -0.1) is 0 Å². The number of hydrogen-bond acceptors (Lipinski definition) is 3. The Balaban J connectivity index is 2.30. The van der Waals surface area contributed by atoms with Crippen molar-refractivity contribution in [2.24, 2.45) is 5.41 Å². The largest absolute Gasteiger partial charge is 0.429 e. The Labute approximate surface area is 170 Å². The van der Waals surface area contributed by atoms with Crippen molar-refractivity contribution >= 4 is 0 Å². The molecular weight excluding hydrogens is 459 g/mol. The third-order valence-electron chi connectivity index (χ3n) is 5.66. The minimum absolute atomic E-state index is 0.193. The monoisotopic (exact) mass is 481 g/mol. The molecule has 31 heavy (non-hydrogen) atoms. The van der Waals surface area contributed by atoms with Crippen LogP contribution in [0.5, 0.6) is 0 Å². The van der Waals surface area contributed by atoms with Crippen LogP contribution in [-0.2, 0) is 9.47 Å². The normalized spacial score (nSPS) is 31.5. The molecule has 0 radical (unpaired) electrons. The molecule has 0 aromatic rings. The molecule has 0 spiro atoms. The van der Waals surface area contributed by atoms with Gasteiger partial charge in [-0.05, 0) is 19.8 Å². The van der Waals surface area contributed by atoms with Gasteiger partial charge in [0.25, 0.3) is 17.8 Å². The van der Waals surface area contributed by atoms with Crippen LogP contribution >= 0.6 is 0 Å². The summed E-state index contributed by atoms with van der Waals surface area (Å²) in [5, 5.41) is 0. The van der Waals surface area contributed by atoms with Gasteiger partial charge in [0.15, 0.2) is 6.30 Å². The van der Waals surface area contributed by atoms with Gasteiger partial charge in [0.1, 0.15) is 6.10 Å². The molecule has 5 unspecified atom stereocenters. The van der Waals surface area contributed by atoms with Crippen molar-refractivity contribution < 1.29 is 57.8 Å². The van der Waals surface area contributed by atoms with Crippen molar-refractivity contribution in [2.45, 2.75) is 68.7 Å². The van der Waals surface area contributed by atoms with Gasteiger partial charge in [-0.1, -0.05) is 6.42 Å². The minimum atomic E-state index is -5.98. The first-order chi connectivity index (χ1) is 14.0. The molecule has 2 rings (SSSR count). The first kappa shape index (κ1) is 26.4. The quantitative estimate of drug-likeness (QED) is 0.408. The van der Waals surface area contributed by atoms with Crippen molar-refractivity contribution in [3.05, 3.63) is 0 Å². The lowest BCUT2D eigenvalue weighted by atomic mass is 9.82. The van der Waals surface area contributed by atoms with E-state index in [0.717, 1.165) is 0 Å². The van der Waals surface area contributed by atoms with Crippen LogP contribution in [0.4, 0.5) is 48.3 Å². The summed E-state index contributed by atoms with van der Waals surface area (Å²) in [6.45, 7) is -4.36.